The third kappa shape index (κ3) is 3.45. The van der Waals surface area contributed by atoms with Crippen molar-refractivity contribution in [2.45, 2.75) is 19.4 Å². The van der Waals surface area contributed by atoms with Crippen molar-refractivity contribution in [3.8, 4) is 11.1 Å². The first-order valence-corrected chi connectivity index (χ1v) is 7.14. The number of benzene rings is 2. The lowest BCUT2D eigenvalue weighted by atomic mass is 10.0. The van der Waals surface area contributed by atoms with E-state index in [1.807, 2.05) is 0 Å². The van der Waals surface area contributed by atoms with Gasteiger partial charge in [0.25, 0.3) is 0 Å². The predicted octanol–water partition coefficient (Wildman–Crippen LogP) is 4.20. The van der Waals surface area contributed by atoms with E-state index in [1.54, 1.807) is 0 Å². The summed E-state index contributed by atoms with van der Waals surface area (Å²) in [5.74, 6) is 0.966. The molecule has 98 valence electrons. The molecule has 0 bridgehead atoms. The van der Waals surface area contributed by atoms with Gasteiger partial charge in [0, 0.05) is 13.1 Å². The summed E-state index contributed by atoms with van der Waals surface area (Å²) < 4.78 is 0. The van der Waals surface area contributed by atoms with E-state index >= 15 is 0 Å². The Morgan fingerprint density at radius 1 is 0.895 bits per heavy atom. The first-order chi connectivity index (χ1) is 9.31. The van der Waals surface area contributed by atoms with Gasteiger partial charge in [0.1, 0.15) is 0 Å². The van der Waals surface area contributed by atoms with E-state index in [4.69, 9.17) is 0 Å². The average molecular weight is 251 g/mol. The van der Waals surface area contributed by atoms with Gasteiger partial charge >= 0.3 is 0 Å². The Morgan fingerprint density at radius 3 is 2.16 bits per heavy atom. The van der Waals surface area contributed by atoms with E-state index in [0.29, 0.717) is 0 Å². The maximum absolute atomic E-state index is 2.44. The van der Waals surface area contributed by atoms with E-state index in [1.165, 1.54) is 36.1 Å². The molecular formula is C18H21N. The summed E-state index contributed by atoms with van der Waals surface area (Å²) in [5, 5.41) is 0. The van der Waals surface area contributed by atoms with Gasteiger partial charge in [-0.2, -0.15) is 0 Å². The molecule has 1 heteroatoms. The Balaban J connectivity index is 1.65. The second kappa shape index (κ2) is 5.58. The maximum Gasteiger partial charge on any atom is 0.0230 e. The molecule has 2 aromatic rings. The Labute approximate surface area is 115 Å². The highest BCUT2D eigenvalue weighted by molar-refractivity contribution is 5.63. The molecule has 0 N–H and O–H groups in total. The van der Waals surface area contributed by atoms with Gasteiger partial charge in [-0.1, -0.05) is 54.6 Å². The number of rotatable bonds is 5. The van der Waals surface area contributed by atoms with Crippen molar-refractivity contribution in [3.63, 3.8) is 0 Å². The molecular weight excluding hydrogens is 230 g/mol. The fourth-order valence-electron chi connectivity index (χ4n) is 2.55. The van der Waals surface area contributed by atoms with E-state index in [9.17, 15) is 0 Å². The van der Waals surface area contributed by atoms with Crippen LogP contribution in [0.5, 0.6) is 0 Å². The molecule has 0 radical (unpaired) electrons. The number of hydrogen-bond donors (Lipinski definition) is 0. The van der Waals surface area contributed by atoms with Gasteiger partial charge in [-0.15, -0.1) is 0 Å². The minimum absolute atomic E-state index is 0.966. The summed E-state index contributed by atoms with van der Waals surface area (Å²) in [6, 6.07) is 19.5. The minimum atomic E-state index is 0.966. The van der Waals surface area contributed by atoms with Crippen LogP contribution in [0.1, 0.15) is 18.4 Å². The van der Waals surface area contributed by atoms with Crippen LogP contribution in [0, 0.1) is 5.92 Å². The molecule has 0 atom stereocenters. The average Bonchev–Trinajstić information content (AvgIpc) is 3.24. The molecule has 0 aromatic heterocycles. The van der Waals surface area contributed by atoms with Crippen LogP contribution in [0.4, 0.5) is 0 Å². The molecule has 3 rings (SSSR count). The summed E-state index contributed by atoms with van der Waals surface area (Å²) in [7, 11) is 2.23. The molecule has 2 aromatic carbocycles. The van der Waals surface area contributed by atoms with Gasteiger partial charge in [0.05, 0.1) is 0 Å². The second-order valence-electron chi connectivity index (χ2n) is 5.70. The molecule has 1 aliphatic carbocycles. The van der Waals surface area contributed by atoms with E-state index in [0.717, 1.165) is 12.5 Å². The van der Waals surface area contributed by atoms with E-state index in [2.05, 4.69) is 66.5 Å². The highest BCUT2D eigenvalue weighted by Gasteiger charge is 2.22. The first-order valence-electron chi connectivity index (χ1n) is 7.14. The lowest BCUT2D eigenvalue weighted by Crippen LogP contribution is -2.20. The Morgan fingerprint density at radius 2 is 1.53 bits per heavy atom. The zero-order valence-corrected chi connectivity index (χ0v) is 11.5. The molecule has 1 saturated carbocycles. The molecule has 1 nitrogen and oxygen atoms in total. The predicted molar refractivity (Wildman–Crippen MR) is 80.9 cm³/mol. The molecule has 0 amide bonds. The Kier molecular flexibility index (Phi) is 3.65. The van der Waals surface area contributed by atoms with Crippen molar-refractivity contribution >= 4 is 0 Å². The Bertz CT molecular complexity index is 511. The van der Waals surface area contributed by atoms with Crippen molar-refractivity contribution in [2.24, 2.45) is 5.92 Å². The van der Waals surface area contributed by atoms with Crippen molar-refractivity contribution in [1.82, 2.24) is 4.90 Å². The highest BCUT2D eigenvalue weighted by atomic mass is 15.1. The lowest BCUT2D eigenvalue weighted by molar-refractivity contribution is 0.313. The highest BCUT2D eigenvalue weighted by Crippen LogP contribution is 2.29. The third-order valence-corrected chi connectivity index (χ3v) is 3.78. The summed E-state index contributed by atoms with van der Waals surface area (Å²) in [6.45, 7) is 2.31. The largest absolute Gasteiger partial charge is 0.302 e. The third-order valence-electron chi connectivity index (χ3n) is 3.78. The zero-order valence-electron chi connectivity index (χ0n) is 11.5. The molecule has 1 aliphatic rings. The quantitative estimate of drug-likeness (QED) is 0.770. The van der Waals surface area contributed by atoms with Crippen LogP contribution >= 0.6 is 0 Å². The summed E-state index contributed by atoms with van der Waals surface area (Å²) in [6.07, 6.45) is 2.86. The van der Waals surface area contributed by atoms with Gasteiger partial charge < -0.3 is 4.90 Å². The Hall–Kier alpha value is -1.60. The van der Waals surface area contributed by atoms with Crippen LogP contribution in [0.25, 0.3) is 11.1 Å². The number of nitrogens with zero attached hydrogens (tertiary/aromatic N) is 1. The standard InChI is InChI=1S/C18H21N/c1-19(13-15-7-8-15)14-16-9-11-18(12-10-16)17-5-3-2-4-6-17/h2-6,9-12,15H,7-8,13-14H2,1H3. The van der Waals surface area contributed by atoms with Crippen molar-refractivity contribution in [2.75, 3.05) is 13.6 Å². The minimum Gasteiger partial charge on any atom is -0.302 e. The number of hydrogen-bond acceptors (Lipinski definition) is 1. The van der Waals surface area contributed by atoms with Gasteiger partial charge in [-0.3, -0.25) is 0 Å². The second-order valence-corrected chi connectivity index (χ2v) is 5.70. The van der Waals surface area contributed by atoms with Gasteiger partial charge in [-0.05, 0) is 42.5 Å². The van der Waals surface area contributed by atoms with Crippen LogP contribution in [-0.2, 0) is 6.54 Å². The van der Waals surface area contributed by atoms with Crippen molar-refractivity contribution in [1.29, 1.82) is 0 Å². The normalized spacial score (nSPS) is 14.8. The monoisotopic (exact) mass is 251 g/mol. The van der Waals surface area contributed by atoms with Crippen molar-refractivity contribution in [3.05, 3.63) is 60.2 Å². The van der Waals surface area contributed by atoms with Crippen LogP contribution in [-0.4, -0.2) is 18.5 Å². The first kappa shape index (κ1) is 12.4. The zero-order chi connectivity index (χ0) is 13.1. The van der Waals surface area contributed by atoms with Crippen LogP contribution in [0.3, 0.4) is 0 Å². The molecule has 0 saturated heterocycles. The topological polar surface area (TPSA) is 3.24 Å². The molecule has 19 heavy (non-hydrogen) atoms. The fourth-order valence-corrected chi connectivity index (χ4v) is 2.55. The van der Waals surface area contributed by atoms with Gasteiger partial charge in [-0.25, -0.2) is 0 Å². The lowest BCUT2D eigenvalue weighted by Gasteiger charge is -2.16. The fraction of sp³-hybridized carbons (Fsp3) is 0.333. The van der Waals surface area contributed by atoms with Gasteiger partial charge in [0.2, 0.25) is 0 Å². The molecule has 0 unspecified atom stereocenters. The van der Waals surface area contributed by atoms with E-state index < -0.39 is 0 Å². The van der Waals surface area contributed by atoms with E-state index in [-0.39, 0.29) is 0 Å². The maximum atomic E-state index is 2.44. The molecule has 0 spiro atoms. The van der Waals surface area contributed by atoms with Crippen LogP contribution < -0.4 is 0 Å². The van der Waals surface area contributed by atoms with Crippen LogP contribution in [0.15, 0.2) is 54.6 Å². The summed E-state index contributed by atoms with van der Waals surface area (Å²) in [5.41, 5.74) is 4.00. The smallest absolute Gasteiger partial charge is 0.0230 e. The SMILES string of the molecule is CN(Cc1ccc(-c2ccccc2)cc1)CC1CC1. The van der Waals surface area contributed by atoms with Gasteiger partial charge in [0.15, 0.2) is 0 Å². The van der Waals surface area contributed by atoms with Crippen LogP contribution in [0.2, 0.25) is 0 Å². The summed E-state index contributed by atoms with van der Waals surface area (Å²) in [4.78, 5) is 2.44. The van der Waals surface area contributed by atoms with Crippen molar-refractivity contribution < 1.29 is 0 Å². The molecule has 0 aliphatic heterocycles. The molecule has 0 heterocycles. The molecule has 1 fully saturated rings. The summed E-state index contributed by atoms with van der Waals surface area (Å²) >= 11 is 0.